The number of carboxylic acid groups (broad SMARTS) is 1. The number of nitrogens with zero attached hydrogens (tertiary/aromatic N) is 2. The Hall–Kier alpha value is -1.01. The van der Waals surface area contributed by atoms with Crippen molar-refractivity contribution in [3.63, 3.8) is 0 Å². The average molecular weight is 371 g/mol. The molecule has 2 aromatic rings. The second kappa shape index (κ2) is 6.40. The zero-order valence-corrected chi connectivity index (χ0v) is 14.8. The standard InChI is InChI=1S/C15H19BrN2O2S/c1-4-7-15(2,3)18-12-6-5-10(16)8-11(12)17-14(18)21-9-13(19)20/h5-6,8H,4,7,9H2,1-3H3,(H,19,20). The van der Waals surface area contributed by atoms with Crippen LogP contribution in [0.3, 0.4) is 0 Å². The van der Waals surface area contributed by atoms with Crippen molar-refractivity contribution in [3.05, 3.63) is 22.7 Å². The molecule has 0 unspecified atom stereocenters. The Balaban J connectivity index is 2.56. The van der Waals surface area contributed by atoms with Crippen LogP contribution in [0.2, 0.25) is 0 Å². The first-order valence-corrected chi connectivity index (χ1v) is 8.66. The first-order chi connectivity index (χ1) is 9.85. The zero-order valence-electron chi connectivity index (χ0n) is 12.4. The maximum atomic E-state index is 10.9. The molecule has 1 N–H and O–H groups in total. The number of imidazole rings is 1. The molecule has 0 bridgehead atoms. The van der Waals surface area contributed by atoms with Gasteiger partial charge in [0.25, 0.3) is 0 Å². The Morgan fingerprint density at radius 1 is 1.48 bits per heavy atom. The summed E-state index contributed by atoms with van der Waals surface area (Å²) in [5.74, 6) is -0.805. The number of carboxylic acids is 1. The molecule has 0 atom stereocenters. The molecule has 0 spiro atoms. The molecule has 0 saturated heterocycles. The van der Waals surface area contributed by atoms with Gasteiger partial charge in [0.15, 0.2) is 5.16 Å². The second-order valence-electron chi connectivity index (χ2n) is 5.61. The highest BCUT2D eigenvalue weighted by atomic mass is 79.9. The van der Waals surface area contributed by atoms with Gasteiger partial charge in [-0.15, -0.1) is 0 Å². The number of rotatable bonds is 6. The van der Waals surface area contributed by atoms with Crippen LogP contribution in [0.25, 0.3) is 11.0 Å². The molecule has 6 heteroatoms. The number of aromatic nitrogens is 2. The molecule has 0 fully saturated rings. The summed E-state index contributed by atoms with van der Waals surface area (Å²) < 4.78 is 3.15. The van der Waals surface area contributed by atoms with Crippen molar-refractivity contribution < 1.29 is 9.90 Å². The number of thioether (sulfide) groups is 1. The fourth-order valence-electron chi connectivity index (χ4n) is 2.56. The predicted octanol–water partition coefficient (Wildman–Crippen LogP) is 4.51. The smallest absolute Gasteiger partial charge is 0.313 e. The fraction of sp³-hybridized carbons (Fsp3) is 0.467. The molecular formula is C15H19BrN2O2S. The van der Waals surface area contributed by atoms with Crippen molar-refractivity contribution in [2.75, 3.05) is 5.75 Å². The normalized spacial score (nSPS) is 12.0. The minimum absolute atomic E-state index is 0.0205. The van der Waals surface area contributed by atoms with Crippen molar-refractivity contribution in [2.24, 2.45) is 0 Å². The molecule has 4 nitrogen and oxygen atoms in total. The maximum Gasteiger partial charge on any atom is 0.313 e. The molecule has 0 saturated carbocycles. The summed E-state index contributed by atoms with van der Waals surface area (Å²) in [4.78, 5) is 15.5. The van der Waals surface area contributed by atoms with Crippen molar-refractivity contribution in [1.82, 2.24) is 9.55 Å². The number of hydrogen-bond acceptors (Lipinski definition) is 3. The van der Waals surface area contributed by atoms with Crippen molar-refractivity contribution >= 4 is 44.7 Å². The lowest BCUT2D eigenvalue weighted by molar-refractivity contribution is -0.133. The van der Waals surface area contributed by atoms with Crippen LogP contribution in [0.4, 0.5) is 0 Å². The van der Waals surface area contributed by atoms with Crippen LogP contribution in [-0.4, -0.2) is 26.4 Å². The van der Waals surface area contributed by atoms with Gasteiger partial charge in [0, 0.05) is 10.0 Å². The van der Waals surface area contributed by atoms with E-state index < -0.39 is 5.97 Å². The van der Waals surface area contributed by atoms with Crippen LogP contribution in [0.15, 0.2) is 27.8 Å². The largest absolute Gasteiger partial charge is 0.481 e. The van der Waals surface area contributed by atoms with Gasteiger partial charge in [-0.1, -0.05) is 41.0 Å². The number of carbonyl (C=O) groups is 1. The molecule has 2 rings (SSSR count). The highest BCUT2D eigenvalue weighted by Gasteiger charge is 2.26. The molecule has 1 heterocycles. The van der Waals surface area contributed by atoms with Crippen LogP contribution in [0.5, 0.6) is 0 Å². The summed E-state index contributed by atoms with van der Waals surface area (Å²) in [6, 6.07) is 6.00. The van der Waals surface area contributed by atoms with Gasteiger partial charge in [0.1, 0.15) is 0 Å². The van der Waals surface area contributed by atoms with E-state index in [9.17, 15) is 4.79 Å². The Morgan fingerprint density at radius 3 is 2.81 bits per heavy atom. The molecule has 21 heavy (non-hydrogen) atoms. The van der Waals surface area contributed by atoms with Gasteiger partial charge in [-0.2, -0.15) is 0 Å². The van der Waals surface area contributed by atoms with E-state index in [1.54, 1.807) is 0 Å². The van der Waals surface area contributed by atoms with Gasteiger partial charge in [-0.05, 0) is 38.5 Å². The Kier molecular flexibility index (Phi) is 4.99. The van der Waals surface area contributed by atoms with E-state index in [0.29, 0.717) is 0 Å². The van der Waals surface area contributed by atoms with E-state index in [1.165, 1.54) is 11.8 Å². The Bertz CT molecular complexity index is 667. The zero-order chi connectivity index (χ0) is 15.6. The van der Waals surface area contributed by atoms with Gasteiger partial charge in [0.05, 0.1) is 16.8 Å². The van der Waals surface area contributed by atoms with Gasteiger partial charge in [0.2, 0.25) is 0 Å². The lowest BCUT2D eigenvalue weighted by Gasteiger charge is -2.28. The third kappa shape index (κ3) is 3.61. The number of benzene rings is 1. The third-order valence-corrected chi connectivity index (χ3v) is 4.79. The summed E-state index contributed by atoms with van der Waals surface area (Å²) in [6.45, 7) is 6.50. The van der Waals surface area contributed by atoms with Gasteiger partial charge in [-0.25, -0.2) is 4.98 Å². The number of fused-ring (bicyclic) bond motifs is 1. The predicted molar refractivity (Wildman–Crippen MR) is 90.0 cm³/mol. The lowest BCUT2D eigenvalue weighted by atomic mass is 9.98. The minimum atomic E-state index is -0.826. The van der Waals surface area contributed by atoms with Gasteiger partial charge in [-0.3, -0.25) is 4.79 Å². The van der Waals surface area contributed by atoms with Gasteiger partial charge >= 0.3 is 5.97 Å². The van der Waals surface area contributed by atoms with Gasteiger partial charge < -0.3 is 9.67 Å². The summed E-state index contributed by atoms with van der Waals surface area (Å²) >= 11 is 4.74. The highest BCUT2D eigenvalue weighted by molar-refractivity contribution is 9.10. The lowest BCUT2D eigenvalue weighted by Crippen LogP contribution is -2.26. The highest BCUT2D eigenvalue weighted by Crippen LogP contribution is 2.34. The summed E-state index contributed by atoms with van der Waals surface area (Å²) in [6.07, 6.45) is 2.07. The topological polar surface area (TPSA) is 55.1 Å². The first kappa shape index (κ1) is 16.4. The van der Waals surface area contributed by atoms with E-state index in [4.69, 9.17) is 5.11 Å². The van der Waals surface area contributed by atoms with E-state index in [-0.39, 0.29) is 11.3 Å². The first-order valence-electron chi connectivity index (χ1n) is 6.88. The molecule has 0 aliphatic rings. The van der Waals surface area contributed by atoms with Crippen molar-refractivity contribution in [2.45, 2.75) is 44.3 Å². The van der Waals surface area contributed by atoms with E-state index in [1.807, 2.05) is 18.2 Å². The summed E-state index contributed by atoms with van der Waals surface area (Å²) in [5.41, 5.74) is 1.84. The number of hydrogen-bond donors (Lipinski definition) is 1. The molecule has 0 aliphatic carbocycles. The van der Waals surface area contributed by atoms with Crippen molar-refractivity contribution in [3.8, 4) is 0 Å². The SMILES string of the molecule is CCCC(C)(C)n1c(SCC(=O)O)nc2cc(Br)ccc21. The Labute approximate surface area is 137 Å². The molecule has 0 amide bonds. The van der Waals surface area contributed by atoms with Crippen LogP contribution < -0.4 is 0 Å². The molecule has 0 aliphatic heterocycles. The molecule has 0 radical (unpaired) electrons. The average Bonchev–Trinajstić information content (AvgIpc) is 2.74. The Morgan fingerprint density at radius 2 is 2.19 bits per heavy atom. The van der Waals surface area contributed by atoms with Crippen molar-refractivity contribution in [1.29, 1.82) is 0 Å². The van der Waals surface area contributed by atoms with E-state index in [0.717, 1.165) is 33.5 Å². The maximum absolute atomic E-state index is 10.9. The van der Waals surface area contributed by atoms with Crippen LogP contribution in [0, 0.1) is 0 Å². The van der Waals surface area contributed by atoms with Crippen LogP contribution in [0.1, 0.15) is 33.6 Å². The third-order valence-electron chi connectivity index (χ3n) is 3.38. The molecular weight excluding hydrogens is 352 g/mol. The monoisotopic (exact) mass is 370 g/mol. The fourth-order valence-corrected chi connectivity index (χ4v) is 3.80. The quantitative estimate of drug-likeness (QED) is 0.759. The number of aliphatic carboxylic acids is 1. The second-order valence-corrected chi connectivity index (χ2v) is 7.47. The van der Waals surface area contributed by atoms with E-state index in [2.05, 4.69) is 46.3 Å². The summed E-state index contributed by atoms with van der Waals surface area (Å²) in [5, 5.41) is 9.69. The molecule has 1 aromatic carbocycles. The molecule has 114 valence electrons. The van der Waals surface area contributed by atoms with Crippen LogP contribution >= 0.6 is 27.7 Å². The summed E-state index contributed by atoms with van der Waals surface area (Å²) in [7, 11) is 0. The molecule has 1 aromatic heterocycles. The van der Waals surface area contributed by atoms with Crippen LogP contribution in [-0.2, 0) is 10.3 Å². The van der Waals surface area contributed by atoms with E-state index >= 15 is 0 Å². The number of halogens is 1. The minimum Gasteiger partial charge on any atom is -0.481 e.